The predicted molar refractivity (Wildman–Crippen MR) is 100 cm³/mol. The summed E-state index contributed by atoms with van der Waals surface area (Å²) in [5.74, 6) is 1.31. The summed E-state index contributed by atoms with van der Waals surface area (Å²) >= 11 is 0. The van der Waals surface area contributed by atoms with E-state index in [1.165, 1.54) is 0 Å². The molecule has 1 aliphatic heterocycles. The maximum absolute atomic E-state index is 13.0. The number of rotatable bonds is 4. The molecule has 1 fully saturated rings. The topological polar surface area (TPSA) is 49.9 Å². The third-order valence-corrected chi connectivity index (χ3v) is 4.46. The van der Waals surface area contributed by atoms with Crippen LogP contribution in [-0.4, -0.2) is 47.8 Å². The van der Waals surface area contributed by atoms with Gasteiger partial charge in [-0.25, -0.2) is 0 Å². The fourth-order valence-corrected chi connectivity index (χ4v) is 3.01. The molecule has 1 heterocycles. The van der Waals surface area contributed by atoms with Gasteiger partial charge in [0.2, 0.25) is 5.91 Å². The van der Waals surface area contributed by atoms with Crippen molar-refractivity contribution < 1.29 is 14.3 Å². The van der Waals surface area contributed by atoms with Crippen molar-refractivity contribution in [3.63, 3.8) is 0 Å². The Labute approximate surface area is 154 Å². The van der Waals surface area contributed by atoms with Gasteiger partial charge in [-0.05, 0) is 24.3 Å². The molecule has 3 rings (SSSR count). The van der Waals surface area contributed by atoms with Gasteiger partial charge in [0.15, 0.2) is 0 Å². The Kier molecular flexibility index (Phi) is 5.56. The average Bonchev–Trinajstić information content (AvgIpc) is 2.68. The van der Waals surface area contributed by atoms with Gasteiger partial charge in [-0.3, -0.25) is 9.59 Å². The smallest absolute Gasteiger partial charge is 0.257 e. The Bertz CT molecular complexity index is 766. The van der Waals surface area contributed by atoms with Crippen LogP contribution in [0.3, 0.4) is 0 Å². The summed E-state index contributed by atoms with van der Waals surface area (Å²) in [7, 11) is 0. The molecule has 0 radical (unpaired) electrons. The van der Waals surface area contributed by atoms with Crippen LogP contribution in [-0.2, 0) is 4.79 Å². The van der Waals surface area contributed by atoms with Crippen LogP contribution in [0.2, 0.25) is 0 Å². The minimum atomic E-state index is -0.0619. The van der Waals surface area contributed by atoms with E-state index >= 15 is 0 Å². The Hall–Kier alpha value is -2.82. The van der Waals surface area contributed by atoms with Crippen LogP contribution in [0.15, 0.2) is 54.6 Å². The number of amides is 2. The van der Waals surface area contributed by atoms with Crippen LogP contribution in [0, 0.1) is 5.92 Å². The molecule has 0 unspecified atom stereocenters. The molecule has 5 heteroatoms. The SMILES string of the molecule is CC(C)C(=O)N1CCN(C(=O)c2ccccc2Oc2ccccc2)CC1. The van der Waals surface area contributed by atoms with Crippen LogP contribution in [0.1, 0.15) is 24.2 Å². The van der Waals surface area contributed by atoms with Crippen LogP contribution in [0.4, 0.5) is 0 Å². The first-order valence-electron chi connectivity index (χ1n) is 8.96. The van der Waals surface area contributed by atoms with Crippen molar-refractivity contribution in [2.45, 2.75) is 13.8 Å². The molecule has 5 nitrogen and oxygen atoms in total. The molecule has 1 aliphatic rings. The van der Waals surface area contributed by atoms with Crippen molar-refractivity contribution in [2.75, 3.05) is 26.2 Å². The van der Waals surface area contributed by atoms with E-state index in [2.05, 4.69) is 0 Å². The van der Waals surface area contributed by atoms with Gasteiger partial charge < -0.3 is 14.5 Å². The van der Waals surface area contributed by atoms with Crippen molar-refractivity contribution in [3.05, 3.63) is 60.2 Å². The van der Waals surface area contributed by atoms with E-state index in [1.54, 1.807) is 17.0 Å². The fourth-order valence-electron chi connectivity index (χ4n) is 3.01. The lowest BCUT2D eigenvalue weighted by atomic mass is 10.1. The highest BCUT2D eigenvalue weighted by atomic mass is 16.5. The third-order valence-electron chi connectivity index (χ3n) is 4.46. The zero-order valence-electron chi connectivity index (χ0n) is 15.2. The Morgan fingerprint density at radius 2 is 1.42 bits per heavy atom. The van der Waals surface area contributed by atoms with E-state index in [4.69, 9.17) is 4.74 Å². The summed E-state index contributed by atoms with van der Waals surface area (Å²) in [6.07, 6.45) is 0. The van der Waals surface area contributed by atoms with E-state index in [0.717, 1.165) is 0 Å². The Morgan fingerprint density at radius 1 is 0.846 bits per heavy atom. The lowest BCUT2D eigenvalue weighted by Crippen LogP contribution is -2.51. The maximum atomic E-state index is 13.0. The molecule has 0 N–H and O–H groups in total. The van der Waals surface area contributed by atoms with Crippen molar-refractivity contribution in [1.82, 2.24) is 9.80 Å². The molecule has 0 bridgehead atoms. The summed E-state index contributed by atoms with van der Waals surface area (Å²) < 4.78 is 5.90. The van der Waals surface area contributed by atoms with Crippen LogP contribution in [0.5, 0.6) is 11.5 Å². The van der Waals surface area contributed by atoms with Crippen LogP contribution >= 0.6 is 0 Å². The Morgan fingerprint density at radius 3 is 2.08 bits per heavy atom. The molecule has 136 valence electrons. The van der Waals surface area contributed by atoms with Gasteiger partial charge >= 0.3 is 0 Å². The first-order chi connectivity index (χ1) is 12.6. The number of ether oxygens (including phenoxy) is 1. The summed E-state index contributed by atoms with van der Waals surface area (Å²) in [5, 5.41) is 0. The van der Waals surface area contributed by atoms with Gasteiger partial charge in [-0.15, -0.1) is 0 Å². The fraction of sp³-hybridized carbons (Fsp3) is 0.333. The summed E-state index contributed by atoms with van der Waals surface area (Å²) in [5.41, 5.74) is 0.542. The van der Waals surface area contributed by atoms with Crippen molar-refractivity contribution in [1.29, 1.82) is 0 Å². The zero-order valence-corrected chi connectivity index (χ0v) is 15.2. The number of para-hydroxylation sites is 2. The lowest BCUT2D eigenvalue weighted by molar-refractivity contribution is -0.135. The van der Waals surface area contributed by atoms with Crippen LogP contribution in [0.25, 0.3) is 0 Å². The number of hydrogen-bond donors (Lipinski definition) is 0. The number of carbonyl (C=O) groups excluding carboxylic acids is 2. The molecule has 2 amide bonds. The van der Waals surface area contributed by atoms with E-state index in [9.17, 15) is 9.59 Å². The molecule has 2 aromatic carbocycles. The van der Waals surface area contributed by atoms with E-state index < -0.39 is 0 Å². The molecular weight excluding hydrogens is 328 g/mol. The summed E-state index contributed by atoms with van der Waals surface area (Å²) in [6.45, 7) is 6.02. The largest absolute Gasteiger partial charge is 0.457 e. The molecule has 0 atom stereocenters. The normalized spacial score (nSPS) is 14.4. The lowest BCUT2D eigenvalue weighted by Gasteiger charge is -2.35. The van der Waals surface area contributed by atoms with Gasteiger partial charge in [0.25, 0.3) is 5.91 Å². The summed E-state index contributed by atoms with van der Waals surface area (Å²) in [6, 6.07) is 16.7. The van der Waals surface area contributed by atoms with Crippen molar-refractivity contribution >= 4 is 11.8 Å². The van der Waals surface area contributed by atoms with Crippen molar-refractivity contribution in [3.8, 4) is 11.5 Å². The first kappa shape index (κ1) is 18.0. The molecule has 1 saturated heterocycles. The monoisotopic (exact) mass is 352 g/mol. The maximum Gasteiger partial charge on any atom is 0.257 e. The average molecular weight is 352 g/mol. The number of benzene rings is 2. The predicted octanol–water partition coefficient (Wildman–Crippen LogP) is 3.42. The molecule has 0 aromatic heterocycles. The third kappa shape index (κ3) is 4.04. The van der Waals surface area contributed by atoms with Crippen molar-refractivity contribution in [2.24, 2.45) is 5.92 Å². The standard InChI is InChI=1S/C21H24N2O3/c1-16(2)20(24)22-12-14-23(15-13-22)21(25)18-10-6-7-11-19(18)26-17-8-4-3-5-9-17/h3-11,16H,12-15H2,1-2H3. The quantitative estimate of drug-likeness (QED) is 0.847. The highest BCUT2D eigenvalue weighted by molar-refractivity contribution is 5.97. The van der Waals surface area contributed by atoms with Gasteiger partial charge in [0.1, 0.15) is 11.5 Å². The van der Waals surface area contributed by atoms with Gasteiger partial charge in [-0.1, -0.05) is 44.2 Å². The van der Waals surface area contributed by atoms with Gasteiger partial charge in [-0.2, -0.15) is 0 Å². The zero-order chi connectivity index (χ0) is 18.5. The molecule has 0 spiro atoms. The highest BCUT2D eigenvalue weighted by Crippen LogP contribution is 2.26. The second-order valence-corrected chi connectivity index (χ2v) is 6.68. The molecule has 0 saturated carbocycles. The molecule has 0 aliphatic carbocycles. The van der Waals surface area contributed by atoms with Gasteiger partial charge in [0, 0.05) is 32.1 Å². The van der Waals surface area contributed by atoms with E-state index in [1.807, 2.05) is 61.2 Å². The minimum Gasteiger partial charge on any atom is -0.457 e. The number of nitrogens with zero attached hydrogens (tertiary/aromatic N) is 2. The first-order valence-corrected chi connectivity index (χ1v) is 8.96. The number of carbonyl (C=O) groups is 2. The minimum absolute atomic E-state index is 0.0164. The molecule has 26 heavy (non-hydrogen) atoms. The summed E-state index contributed by atoms with van der Waals surface area (Å²) in [4.78, 5) is 28.7. The van der Waals surface area contributed by atoms with E-state index in [-0.39, 0.29) is 17.7 Å². The second-order valence-electron chi connectivity index (χ2n) is 6.68. The molecule has 2 aromatic rings. The number of piperazine rings is 1. The second kappa shape index (κ2) is 8.04. The van der Waals surface area contributed by atoms with Crippen LogP contribution < -0.4 is 4.74 Å². The number of hydrogen-bond acceptors (Lipinski definition) is 3. The van der Waals surface area contributed by atoms with E-state index in [0.29, 0.717) is 43.2 Å². The highest BCUT2D eigenvalue weighted by Gasteiger charge is 2.27. The van der Waals surface area contributed by atoms with Gasteiger partial charge in [0.05, 0.1) is 5.56 Å². The Balaban J connectivity index is 1.70. The molecular formula is C21H24N2O3.